The van der Waals surface area contributed by atoms with Gasteiger partial charge in [-0.3, -0.25) is 9.38 Å². The average molecular weight is 510 g/mol. The zero-order valence-electron chi connectivity index (χ0n) is 23.9. The van der Waals surface area contributed by atoms with Crippen LogP contribution < -0.4 is 0 Å². The second-order valence-corrected chi connectivity index (χ2v) is 14.4. The van der Waals surface area contributed by atoms with Gasteiger partial charge in [-0.15, -0.1) is 0 Å². The maximum absolute atomic E-state index is 12.4. The van der Waals surface area contributed by atoms with Gasteiger partial charge in [0.1, 0.15) is 5.54 Å². The van der Waals surface area contributed by atoms with E-state index in [2.05, 4.69) is 29.2 Å². The van der Waals surface area contributed by atoms with Crippen LogP contribution in [0.15, 0.2) is 24.3 Å². The molecule has 3 heteroatoms. The lowest BCUT2D eigenvalue weighted by Gasteiger charge is -2.52. The number of aliphatic hydroxyl groups is 1. The summed E-state index contributed by atoms with van der Waals surface area (Å²) in [6.07, 6.45) is 36.1. The minimum atomic E-state index is -0.117. The van der Waals surface area contributed by atoms with E-state index in [-0.39, 0.29) is 6.23 Å². The number of aliphatic hydroxyl groups excluding tert-OH is 1. The van der Waals surface area contributed by atoms with Crippen LogP contribution in [0.25, 0.3) is 0 Å². The molecule has 0 radical (unpaired) electrons. The van der Waals surface area contributed by atoms with Gasteiger partial charge in [-0.05, 0) is 83.2 Å². The van der Waals surface area contributed by atoms with Gasteiger partial charge in [0.05, 0.1) is 25.6 Å². The summed E-state index contributed by atoms with van der Waals surface area (Å²) in [4.78, 5) is 2.86. The SMILES string of the molecule is OC1[C@@H]2[C@@H]3/C=C/CCCCCCCCC[N+]14C[C@@]31CCCCCCC/C=C\CCCN3CC[C@@H]2[C@]4(C3)C1. The zero-order valence-corrected chi connectivity index (χ0v) is 23.9. The highest BCUT2D eigenvalue weighted by atomic mass is 16.3. The zero-order chi connectivity index (χ0) is 25.2. The Labute approximate surface area is 228 Å². The van der Waals surface area contributed by atoms with E-state index in [1.165, 1.54) is 155 Å². The van der Waals surface area contributed by atoms with E-state index < -0.39 is 0 Å². The fraction of sp³-hybridized carbons (Fsp3) is 0.882. The lowest BCUT2D eigenvalue weighted by Crippen LogP contribution is -2.68. The molecule has 6 bridgehead atoms. The Kier molecular flexibility index (Phi) is 8.23. The highest BCUT2D eigenvalue weighted by Gasteiger charge is 2.83. The number of quaternary nitrogens is 1. The number of nitrogens with zero attached hydrogens (tertiary/aromatic N) is 2. The van der Waals surface area contributed by atoms with Gasteiger partial charge in [-0.2, -0.15) is 0 Å². The summed E-state index contributed by atoms with van der Waals surface area (Å²) in [5.74, 6) is 1.87. The first kappa shape index (κ1) is 26.6. The Morgan fingerprint density at radius 1 is 0.730 bits per heavy atom. The van der Waals surface area contributed by atoms with E-state index in [0.717, 1.165) is 10.4 Å². The van der Waals surface area contributed by atoms with Gasteiger partial charge in [-0.1, -0.05) is 75.7 Å². The molecule has 37 heavy (non-hydrogen) atoms. The predicted octanol–water partition coefficient (Wildman–Crippen LogP) is 7.60. The first-order chi connectivity index (χ1) is 18.2. The van der Waals surface area contributed by atoms with Crippen molar-refractivity contribution in [3.63, 3.8) is 0 Å². The van der Waals surface area contributed by atoms with Gasteiger partial charge in [0.2, 0.25) is 0 Å². The van der Waals surface area contributed by atoms with Gasteiger partial charge >= 0.3 is 0 Å². The van der Waals surface area contributed by atoms with Gasteiger partial charge in [0, 0.05) is 17.8 Å². The summed E-state index contributed by atoms with van der Waals surface area (Å²) in [6.45, 7) is 6.33. The predicted molar refractivity (Wildman–Crippen MR) is 154 cm³/mol. The molecule has 7 rings (SSSR count). The minimum absolute atomic E-state index is 0.117. The summed E-state index contributed by atoms with van der Waals surface area (Å²) in [7, 11) is 0. The number of rotatable bonds is 0. The molecule has 3 spiro atoms. The maximum Gasteiger partial charge on any atom is 0.194 e. The number of hydrogen-bond acceptors (Lipinski definition) is 2. The van der Waals surface area contributed by atoms with Crippen LogP contribution in [-0.4, -0.2) is 59.0 Å². The standard InChI is InChI=1S/C34H57N2O/c37-32-31-29-20-16-12-8-4-3-7-11-15-19-25-36(32)28-33(29)22-17-13-9-5-1-2-6-10-14-18-23-35-24-21-30(31)34(36,26-33)27-35/h6,10,16,20,29-32,37H,1-5,7-9,11-15,17-19,21-28H2/q+1/b10-6-,20-16+/t29-,30-,31+,32?,33-,34+,36?/m0/s1. The van der Waals surface area contributed by atoms with Crippen LogP contribution >= 0.6 is 0 Å². The van der Waals surface area contributed by atoms with Crippen molar-refractivity contribution in [2.75, 3.05) is 32.7 Å². The largest absolute Gasteiger partial charge is 0.344 e. The van der Waals surface area contributed by atoms with E-state index in [9.17, 15) is 5.11 Å². The van der Waals surface area contributed by atoms with Crippen LogP contribution in [0.4, 0.5) is 0 Å². The van der Waals surface area contributed by atoms with Crippen LogP contribution in [0.3, 0.4) is 0 Å². The fourth-order valence-electron chi connectivity index (χ4n) is 10.9. The molecule has 5 fully saturated rings. The second kappa shape index (κ2) is 11.5. The molecule has 6 heterocycles. The first-order valence-corrected chi connectivity index (χ1v) is 16.8. The highest BCUT2D eigenvalue weighted by molar-refractivity contribution is 5.23. The molecule has 3 nitrogen and oxygen atoms in total. The molecule has 0 aromatic rings. The molecule has 7 aliphatic rings. The second-order valence-electron chi connectivity index (χ2n) is 14.4. The maximum atomic E-state index is 12.4. The third-order valence-corrected chi connectivity index (χ3v) is 12.4. The van der Waals surface area contributed by atoms with E-state index in [1.807, 2.05) is 0 Å². The van der Waals surface area contributed by atoms with Crippen molar-refractivity contribution in [2.24, 2.45) is 23.2 Å². The molecule has 1 saturated carbocycles. The van der Waals surface area contributed by atoms with Gasteiger partial charge in [0.25, 0.3) is 0 Å². The number of allylic oxidation sites excluding steroid dienone is 4. The Hall–Kier alpha value is -0.640. The monoisotopic (exact) mass is 509 g/mol. The van der Waals surface area contributed by atoms with E-state index in [1.54, 1.807) is 0 Å². The summed E-state index contributed by atoms with van der Waals surface area (Å²) in [5.41, 5.74) is 0.767. The van der Waals surface area contributed by atoms with Gasteiger partial charge < -0.3 is 5.11 Å². The highest BCUT2D eigenvalue weighted by Crippen LogP contribution is 2.73. The number of fused-ring (bicyclic) bond motifs is 1. The van der Waals surface area contributed by atoms with Crippen molar-refractivity contribution in [1.82, 2.24) is 4.90 Å². The number of piperidine rings is 2. The Morgan fingerprint density at radius 2 is 1.41 bits per heavy atom. The van der Waals surface area contributed by atoms with Crippen LogP contribution in [0.5, 0.6) is 0 Å². The Balaban J connectivity index is 1.35. The van der Waals surface area contributed by atoms with E-state index in [0.29, 0.717) is 22.8 Å². The van der Waals surface area contributed by atoms with E-state index in [4.69, 9.17) is 0 Å². The van der Waals surface area contributed by atoms with E-state index >= 15 is 0 Å². The van der Waals surface area contributed by atoms with Crippen molar-refractivity contribution in [2.45, 2.75) is 134 Å². The Bertz CT molecular complexity index is 823. The normalized spacial score (nSPS) is 49.3. The molecule has 1 aliphatic carbocycles. The Morgan fingerprint density at radius 3 is 2.22 bits per heavy atom. The molecular formula is C34H57N2O+. The molecular weight excluding hydrogens is 452 g/mol. The smallest absolute Gasteiger partial charge is 0.194 e. The van der Waals surface area contributed by atoms with Crippen LogP contribution in [0.2, 0.25) is 0 Å². The van der Waals surface area contributed by atoms with Crippen molar-refractivity contribution >= 4 is 0 Å². The molecule has 0 aromatic carbocycles. The van der Waals surface area contributed by atoms with Crippen LogP contribution in [-0.2, 0) is 0 Å². The summed E-state index contributed by atoms with van der Waals surface area (Å²) in [6, 6.07) is 0. The third kappa shape index (κ3) is 4.71. The topological polar surface area (TPSA) is 23.5 Å². The third-order valence-electron chi connectivity index (χ3n) is 12.4. The van der Waals surface area contributed by atoms with Crippen LogP contribution in [0, 0.1) is 23.2 Å². The quantitative estimate of drug-likeness (QED) is 0.268. The first-order valence-electron chi connectivity index (χ1n) is 16.8. The fourth-order valence-corrected chi connectivity index (χ4v) is 10.9. The molecule has 3 unspecified atom stereocenters. The molecule has 208 valence electrons. The van der Waals surface area contributed by atoms with Crippen molar-refractivity contribution < 1.29 is 9.59 Å². The summed E-state index contributed by atoms with van der Waals surface area (Å²) in [5, 5.41) is 12.4. The van der Waals surface area contributed by atoms with Crippen molar-refractivity contribution in [3.8, 4) is 0 Å². The molecule has 8 atom stereocenters. The molecule has 6 aliphatic heterocycles. The van der Waals surface area contributed by atoms with Crippen molar-refractivity contribution in [1.29, 1.82) is 0 Å². The van der Waals surface area contributed by atoms with Gasteiger partial charge in [-0.25, -0.2) is 0 Å². The molecule has 0 amide bonds. The lowest BCUT2D eigenvalue weighted by molar-refractivity contribution is -0.999. The van der Waals surface area contributed by atoms with Crippen LogP contribution in [0.1, 0.15) is 122 Å². The van der Waals surface area contributed by atoms with Gasteiger partial charge in [0.15, 0.2) is 6.23 Å². The number of hydrogen-bond donors (Lipinski definition) is 1. The summed E-state index contributed by atoms with van der Waals surface area (Å²) >= 11 is 0. The molecule has 1 N–H and O–H groups in total. The van der Waals surface area contributed by atoms with Crippen molar-refractivity contribution in [3.05, 3.63) is 24.3 Å². The lowest BCUT2D eigenvalue weighted by atomic mass is 9.52. The average Bonchev–Trinajstić information content (AvgIpc) is 3.20. The summed E-state index contributed by atoms with van der Waals surface area (Å²) < 4.78 is 1.10. The minimum Gasteiger partial charge on any atom is -0.344 e. The molecule has 0 aromatic heterocycles. The molecule has 4 saturated heterocycles.